The van der Waals surface area contributed by atoms with Crippen molar-refractivity contribution in [2.75, 3.05) is 11.2 Å². The van der Waals surface area contributed by atoms with Crippen molar-refractivity contribution in [2.24, 2.45) is 5.92 Å². The number of halogens is 1. The predicted octanol–water partition coefficient (Wildman–Crippen LogP) is 2.49. The molecule has 7 heteroatoms. The van der Waals surface area contributed by atoms with Crippen molar-refractivity contribution in [3.05, 3.63) is 39.8 Å². The standard InChI is InChI=1S/C14H8ClN3O2S/c1-21-12-10(6-16)13(19)18(14(20)11(12)7-17)9-4-2-8(15)3-5-9/h2-5,10H,1H3. The maximum absolute atomic E-state index is 12.4. The summed E-state index contributed by atoms with van der Waals surface area (Å²) in [6.07, 6.45) is 1.62. The van der Waals surface area contributed by atoms with Crippen molar-refractivity contribution in [3.8, 4) is 12.1 Å². The number of hydrogen-bond acceptors (Lipinski definition) is 5. The largest absolute Gasteiger partial charge is 0.276 e. The van der Waals surface area contributed by atoms with Crippen LogP contribution in [-0.2, 0) is 9.59 Å². The number of amides is 2. The first-order chi connectivity index (χ1) is 10.0. The van der Waals surface area contributed by atoms with Gasteiger partial charge in [-0.1, -0.05) is 11.6 Å². The first-order valence-electron chi connectivity index (χ1n) is 5.77. The molecule has 1 aromatic rings. The lowest BCUT2D eigenvalue weighted by Gasteiger charge is -2.28. The number of thioether (sulfide) groups is 1. The molecule has 0 spiro atoms. The summed E-state index contributed by atoms with van der Waals surface area (Å²) in [5.74, 6) is -2.53. The molecule has 0 fully saturated rings. The van der Waals surface area contributed by atoms with Crippen molar-refractivity contribution in [1.29, 1.82) is 10.5 Å². The van der Waals surface area contributed by atoms with E-state index < -0.39 is 17.7 Å². The average molecular weight is 318 g/mol. The van der Waals surface area contributed by atoms with Crippen LogP contribution in [0.15, 0.2) is 34.7 Å². The van der Waals surface area contributed by atoms with Gasteiger partial charge in [0.25, 0.3) is 11.8 Å². The minimum Gasteiger partial charge on any atom is -0.272 e. The smallest absolute Gasteiger partial charge is 0.272 e. The lowest BCUT2D eigenvalue weighted by molar-refractivity contribution is -0.126. The molecule has 0 radical (unpaired) electrons. The lowest BCUT2D eigenvalue weighted by Crippen LogP contribution is -2.46. The van der Waals surface area contributed by atoms with E-state index in [2.05, 4.69) is 0 Å². The summed E-state index contributed by atoms with van der Waals surface area (Å²) in [7, 11) is 0. The molecule has 0 N–H and O–H groups in total. The second-order valence-corrected chi connectivity index (χ2v) is 5.36. The highest BCUT2D eigenvalue weighted by Gasteiger charge is 2.41. The minimum absolute atomic E-state index is 0.177. The van der Waals surface area contributed by atoms with Crippen LogP contribution in [0.25, 0.3) is 0 Å². The molecule has 1 aromatic carbocycles. The van der Waals surface area contributed by atoms with Gasteiger partial charge >= 0.3 is 0 Å². The van der Waals surface area contributed by atoms with Crippen LogP contribution in [0.4, 0.5) is 5.69 Å². The summed E-state index contributed by atoms with van der Waals surface area (Å²) >= 11 is 6.84. The average Bonchev–Trinajstić information content (AvgIpc) is 2.48. The van der Waals surface area contributed by atoms with Crippen molar-refractivity contribution >= 4 is 40.9 Å². The SMILES string of the molecule is CSC1=C(C#N)C(=O)N(c2ccc(Cl)cc2)C(=O)C1C#N. The Hall–Kier alpha value is -2.28. The third-order valence-electron chi connectivity index (χ3n) is 2.94. The molecule has 0 saturated carbocycles. The van der Waals surface area contributed by atoms with Crippen LogP contribution in [0.5, 0.6) is 0 Å². The summed E-state index contributed by atoms with van der Waals surface area (Å²) < 4.78 is 0. The van der Waals surface area contributed by atoms with Gasteiger partial charge in [0, 0.05) is 9.93 Å². The molecule has 0 aromatic heterocycles. The van der Waals surface area contributed by atoms with Crippen LogP contribution in [0.1, 0.15) is 0 Å². The lowest BCUT2D eigenvalue weighted by atomic mass is 9.98. The molecule has 0 bridgehead atoms. The molecule has 1 heterocycles. The van der Waals surface area contributed by atoms with Crippen molar-refractivity contribution < 1.29 is 9.59 Å². The zero-order chi connectivity index (χ0) is 15.6. The minimum atomic E-state index is -1.15. The summed E-state index contributed by atoms with van der Waals surface area (Å²) in [4.78, 5) is 25.8. The normalized spacial score (nSPS) is 18.5. The zero-order valence-corrected chi connectivity index (χ0v) is 12.4. The molecule has 0 saturated heterocycles. The maximum Gasteiger partial charge on any atom is 0.276 e. The third kappa shape index (κ3) is 2.52. The Balaban J connectivity index is 2.60. The van der Waals surface area contributed by atoms with Crippen LogP contribution >= 0.6 is 23.4 Å². The number of carbonyl (C=O) groups is 2. The molecule has 21 heavy (non-hydrogen) atoms. The van der Waals surface area contributed by atoms with Gasteiger partial charge in [-0.25, -0.2) is 4.90 Å². The van der Waals surface area contributed by atoms with E-state index in [-0.39, 0.29) is 16.2 Å². The van der Waals surface area contributed by atoms with Crippen LogP contribution in [0.3, 0.4) is 0 Å². The highest BCUT2D eigenvalue weighted by atomic mass is 35.5. The Morgan fingerprint density at radius 2 is 1.86 bits per heavy atom. The van der Waals surface area contributed by atoms with E-state index in [9.17, 15) is 14.9 Å². The van der Waals surface area contributed by atoms with Crippen LogP contribution in [0.2, 0.25) is 5.02 Å². The number of rotatable bonds is 2. The number of anilines is 1. The molecule has 5 nitrogen and oxygen atoms in total. The number of nitriles is 2. The van der Waals surface area contributed by atoms with Gasteiger partial charge in [0.05, 0.1) is 11.8 Å². The van der Waals surface area contributed by atoms with Gasteiger partial charge in [0.15, 0.2) is 5.92 Å². The van der Waals surface area contributed by atoms with Crippen molar-refractivity contribution in [2.45, 2.75) is 0 Å². The van der Waals surface area contributed by atoms with Gasteiger partial charge in [-0.15, -0.1) is 11.8 Å². The molecule has 1 atom stereocenters. The molecule has 2 rings (SSSR count). The first kappa shape index (κ1) is 15.1. The maximum atomic E-state index is 12.4. The van der Waals surface area contributed by atoms with Gasteiger partial charge < -0.3 is 0 Å². The quantitative estimate of drug-likeness (QED) is 0.782. The van der Waals surface area contributed by atoms with Crippen LogP contribution in [-0.4, -0.2) is 18.1 Å². The topological polar surface area (TPSA) is 85.0 Å². The van der Waals surface area contributed by atoms with E-state index in [1.165, 1.54) is 24.3 Å². The molecule has 1 aliphatic heterocycles. The van der Waals surface area contributed by atoms with Gasteiger partial charge in [-0.3, -0.25) is 9.59 Å². The number of hydrogen-bond donors (Lipinski definition) is 0. The van der Waals surface area contributed by atoms with E-state index in [1.807, 2.05) is 6.07 Å². The fourth-order valence-corrected chi connectivity index (χ4v) is 2.83. The number of nitrogens with zero attached hydrogens (tertiary/aromatic N) is 3. The Bertz CT molecular complexity index is 728. The molecule has 2 amide bonds. The van der Waals surface area contributed by atoms with E-state index in [0.29, 0.717) is 5.02 Å². The number of carbonyl (C=O) groups excluding carboxylic acids is 2. The van der Waals surface area contributed by atoms with Crippen LogP contribution in [0, 0.1) is 28.6 Å². The number of imide groups is 1. The molecule has 1 aliphatic rings. The van der Waals surface area contributed by atoms with Gasteiger partial charge in [-0.05, 0) is 30.5 Å². The monoisotopic (exact) mass is 317 g/mol. The Morgan fingerprint density at radius 3 is 2.33 bits per heavy atom. The van der Waals surface area contributed by atoms with Gasteiger partial charge in [0.1, 0.15) is 11.6 Å². The van der Waals surface area contributed by atoms with Crippen molar-refractivity contribution in [3.63, 3.8) is 0 Å². The van der Waals surface area contributed by atoms with E-state index in [4.69, 9.17) is 16.9 Å². The molecule has 1 unspecified atom stereocenters. The Morgan fingerprint density at radius 1 is 1.24 bits per heavy atom. The second-order valence-electron chi connectivity index (χ2n) is 4.07. The highest BCUT2D eigenvalue weighted by Crippen LogP contribution is 2.35. The summed E-state index contributed by atoms with van der Waals surface area (Å²) in [5.41, 5.74) is 0.103. The zero-order valence-electron chi connectivity index (χ0n) is 10.8. The molecular weight excluding hydrogens is 310 g/mol. The third-order valence-corrected chi connectivity index (χ3v) is 4.07. The summed E-state index contributed by atoms with van der Waals surface area (Å²) in [6.45, 7) is 0. The molecule has 0 aliphatic carbocycles. The number of benzene rings is 1. The highest BCUT2D eigenvalue weighted by molar-refractivity contribution is 8.02. The van der Waals surface area contributed by atoms with Crippen LogP contribution < -0.4 is 4.90 Å². The van der Waals surface area contributed by atoms with Gasteiger partial charge in [0.2, 0.25) is 0 Å². The van der Waals surface area contributed by atoms with E-state index in [1.54, 1.807) is 12.3 Å². The Labute approximate surface area is 130 Å². The fourth-order valence-electron chi connectivity index (χ4n) is 1.97. The summed E-state index contributed by atoms with van der Waals surface area (Å²) in [6, 6.07) is 9.68. The van der Waals surface area contributed by atoms with E-state index in [0.717, 1.165) is 16.7 Å². The van der Waals surface area contributed by atoms with Crippen molar-refractivity contribution in [1.82, 2.24) is 0 Å². The first-order valence-corrected chi connectivity index (χ1v) is 7.37. The molecular formula is C14H8ClN3O2S. The second kappa shape index (κ2) is 6.01. The Kier molecular flexibility index (Phi) is 4.32. The summed E-state index contributed by atoms with van der Waals surface area (Å²) in [5, 5.41) is 18.8. The van der Waals surface area contributed by atoms with Gasteiger partial charge in [-0.2, -0.15) is 10.5 Å². The van der Waals surface area contributed by atoms with E-state index >= 15 is 0 Å². The predicted molar refractivity (Wildman–Crippen MR) is 79.2 cm³/mol. The fraction of sp³-hybridized carbons (Fsp3) is 0.143. The molecule has 104 valence electrons.